The molecule has 0 saturated carbocycles. The van der Waals surface area contributed by atoms with Gasteiger partial charge in [-0.05, 0) is 42.8 Å². The van der Waals surface area contributed by atoms with Crippen molar-refractivity contribution >= 4 is 17.7 Å². The Labute approximate surface area is 160 Å². The standard InChI is InChI=1S/C22H26FN3O/c1-18(17-24-22(27)12-9-19-7-10-20(23)11-8-19)25-13-15-26(16-14-25)21-5-3-2-4-6-21/h2-12,18H,13-17H2,1H3,(H,24,27)/b12-9-/t18-/m1/s1. The summed E-state index contributed by atoms with van der Waals surface area (Å²) in [7, 11) is 0. The normalized spacial score (nSPS) is 16.4. The van der Waals surface area contributed by atoms with E-state index in [0.29, 0.717) is 6.54 Å². The van der Waals surface area contributed by atoms with Crippen molar-refractivity contribution in [2.45, 2.75) is 13.0 Å². The molecule has 2 aromatic rings. The van der Waals surface area contributed by atoms with Crippen LogP contribution in [0.4, 0.5) is 10.1 Å². The van der Waals surface area contributed by atoms with Crippen molar-refractivity contribution in [2.75, 3.05) is 37.6 Å². The van der Waals surface area contributed by atoms with Gasteiger partial charge in [-0.15, -0.1) is 0 Å². The SMILES string of the molecule is C[C@H](CNC(=O)/C=C\c1ccc(F)cc1)N1CCN(c2ccccc2)CC1. The highest BCUT2D eigenvalue weighted by Gasteiger charge is 2.21. The molecule has 4 nitrogen and oxygen atoms in total. The van der Waals surface area contributed by atoms with Gasteiger partial charge in [0, 0.05) is 50.5 Å². The first-order chi connectivity index (χ1) is 13.1. The lowest BCUT2D eigenvalue weighted by molar-refractivity contribution is -0.116. The van der Waals surface area contributed by atoms with Crippen molar-refractivity contribution < 1.29 is 9.18 Å². The van der Waals surface area contributed by atoms with Crippen LogP contribution in [-0.4, -0.2) is 49.6 Å². The quantitative estimate of drug-likeness (QED) is 0.797. The minimum atomic E-state index is -0.280. The van der Waals surface area contributed by atoms with E-state index < -0.39 is 0 Å². The number of amides is 1. The highest BCUT2D eigenvalue weighted by molar-refractivity contribution is 5.91. The third kappa shape index (κ3) is 5.66. The van der Waals surface area contributed by atoms with E-state index in [1.54, 1.807) is 18.2 Å². The first-order valence-corrected chi connectivity index (χ1v) is 9.37. The van der Waals surface area contributed by atoms with Gasteiger partial charge in [0.15, 0.2) is 0 Å². The number of piperazine rings is 1. The Morgan fingerprint density at radius 2 is 1.74 bits per heavy atom. The summed E-state index contributed by atoms with van der Waals surface area (Å²) in [5, 5.41) is 2.95. The van der Waals surface area contributed by atoms with Crippen molar-refractivity contribution in [1.82, 2.24) is 10.2 Å². The van der Waals surface area contributed by atoms with Crippen molar-refractivity contribution in [3.63, 3.8) is 0 Å². The molecule has 0 aliphatic carbocycles. The maximum absolute atomic E-state index is 12.9. The second-order valence-corrected chi connectivity index (χ2v) is 6.84. The molecule has 0 aromatic heterocycles. The summed E-state index contributed by atoms with van der Waals surface area (Å²) < 4.78 is 12.9. The van der Waals surface area contributed by atoms with Gasteiger partial charge in [-0.1, -0.05) is 30.3 Å². The van der Waals surface area contributed by atoms with E-state index in [9.17, 15) is 9.18 Å². The van der Waals surface area contributed by atoms with Crippen LogP contribution in [0.3, 0.4) is 0 Å². The molecule has 0 bridgehead atoms. The van der Waals surface area contributed by atoms with E-state index in [1.165, 1.54) is 23.9 Å². The van der Waals surface area contributed by atoms with Gasteiger partial charge in [0.25, 0.3) is 0 Å². The summed E-state index contributed by atoms with van der Waals surface area (Å²) in [5.74, 6) is -0.410. The predicted molar refractivity (Wildman–Crippen MR) is 108 cm³/mol. The van der Waals surface area contributed by atoms with Crippen molar-refractivity contribution in [2.24, 2.45) is 0 Å². The Kier molecular flexibility index (Phi) is 6.60. The number of hydrogen-bond acceptors (Lipinski definition) is 3. The number of carbonyl (C=O) groups is 1. The van der Waals surface area contributed by atoms with Gasteiger partial charge in [0.1, 0.15) is 5.82 Å². The van der Waals surface area contributed by atoms with Gasteiger partial charge < -0.3 is 10.2 Å². The summed E-state index contributed by atoms with van der Waals surface area (Å²) in [6, 6.07) is 16.8. The van der Waals surface area contributed by atoms with Gasteiger partial charge in [0.05, 0.1) is 0 Å². The summed E-state index contributed by atoms with van der Waals surface area (Å²) >= 11 is 0. The number of benzene rings is 2. The lowest BCUT2D eigenvalue weighted by Gasteiger charge is -2.39. The Morgan fingerprint density at radius 3 is 2.41 bits per heavy atom. The molecule has 1 fully saturated rings. The molecule has 27 heavy (non-hydrogen) atoms. The number of nitrogens with one attached hydrogen (secondary N) is 1. The van der Waals surface area contributed by atoms with Gasteiger partial charge >= 0.3 is 0 Å². The summed E-state index contributed by atoms with van der Waals surface area (Å²) in [6.45, 7) is 6.70. The molecule has 1 N–H and O–H groups in total. The van der Waals surface area contributed by atoms with E-state index in [0.717, 1.165) is 31.7 Å². The van der Waals surface area contributed by atoms with Gasteiger partial charge in [-0.3, -0.25) is 9.69 Å². The fraction of sp³-hybridized carbons (Fsp3) is 0.318. The first-order valence-electron chi connectivity index (χ1n) is 9.37. The number of hydrogen-bond donors (Lipinski definition) is 1. The Hall–Kier alpha value is -2.66. The van der Waals surface area contributed by atoms with Crippen LogP contribution in [-0.2, 0) is 4.79 Å². The molecule has 0 unspecified atom stereocenters. The smallest absolute Gasteiger partial charge is 0.244 e. The molecule has 1 heterocycles. The number of halogens is 1. The van der Waals surface area contributed by atoms with Crippen LogP contribution in [0.2, 0.25) is 0 Å². The third-order valence-electron chi connectivity index (χ3n) is 4.93. The van der Waals surface area contributed by atoms with E-state index >= 15 is 0 Å². The molecule has 3 rings (SSSR count). The molecule has 1 atom stereocenters. The Morgan fingerprint density at radius 1 is 1.07 bits per heavy atom. The number of carbonyl (C=O) groups excluding carboxylic acids is 1. The fourth-order valence-corrected chi connectivity index (χ4v) is 3.24. The lowest BCUT2D eigenvalue weighted by atomic mass is 10.2. The van der Waals surface area contributed by atoms with Gasteiger partial charge in [-0.25, -0.2) is 4.39 Å². The van der Waals surface area contributed by atoms with E-state index in [2.05, 4.69) is 46.3 Å². The molecule has 0 radical (unpaired) electrons. The van der Waals surface area contributed by atoms with Gasteiger partial charge in [0.2, 0.25) is 5.91 Å². The van der Waals surface area contributed by atoms with Crippen molar-refractivity contribution in [3.05, 3.63) is 72.1 Å². The lowest BCUT2D eigenvalue weighted by Crippen LogP contribution is -2.52. The molecule has 2 aromatic carbocycles. The summed E-state index contributed by atoms with van der Waals surface area (Å²) in [4.78, 5) is 16.8. The number of rotatable bonds is 6. The van der Waals surface area contributed by atoms with E-state index in [1.807, 2.05) is 6.07 Å². The minimum Gasteiger partial charge on any atom is -0.369 e. The van der Waals surface area contributed by atoms with Crippen LogP contribution < -0.4 is 10.2 Å². The van der Waals surface area contributed by atoms with E-state index in [-0.39, 0.29) is 17.8 Å². The molecule has 1 saturated heterocycles. The van der Waals surface area contributed by atoms with Crippen molar-refractivity contribution in [1.29, 1.82) is 0 Å². The van der Waals surface area contributed by atoms with Crippen LogP contribution in [0.15, 0.2) is 60.7 Å². The third-order valence-corrected chi connectivity index (χ3v) is 4.93. The largest absolute Gasteiger partial charge is 0.369 e. The molecule has 1 aliphatic rings. The van der Waals surface area contributed by atoms with Gasteiger partial charge in [-0.2, -0.15) is 0 Å². The number of para-hydroxylation sites is 1. The molecule has 5 heteroatoms. The zero-order chi connectivity index (χ0) is 19.1. The highest BCUT2D eigenvalue weighted by Crippen LogP contribution is 2.16. The Bertz CT molecular complexity index is 753. The highest BCUT2D eigenvalue weighted by atomic mass is 19.1. The summed E-state index contributed by atoms with van der Waals surface area (Å²) in [5.41, 5.74) is 2.07. The van der Waals surface area contributed by atoms with Crippen LogP contribution in [0, 0.1) is 5.82 Å². The van der Waals surface area contributed by atoms with Crippen LogP contribution in [0.25, 0.3) is 6.08 Å². The van der Waals surface area contributed by atoms with Crippen LogP contribution in [0.1, 0.15) is 12.5 Å². The number of anilines is 1. The molecule has 142 valence electrons. The van der Waals surface area contributed by atoms with E-state index in [4.69, 9.17) is 0 Å². The number of nitrogens with zero attached hydrogens (tertiary/aromatic N) is 2. The minimum absolute atomic E-state index is 0.130. The summed E-state index contributed by atoms with van der Waals surface area (Å²) in [6.07, 6.45) is 3.19. The monoisotopic (exact) mass is 367 g/mol. The maximum atomic E-state index is 12.9. The predicted octanol–water partition coefficient (Wildman–Crippen LogP) is 3.17. The second kappa shape index (κ2) is 9.33. The Balaban J connectivity index is 1.41. The van der Waals surface area contributed by atoms with Crippen LogP contribution >= 0.6 is 0 Å². The zero-order valence-electron chi connectivity index (χ0n) is 15.6. The molecular weight excluding hydrogens is 341 g/mol. The maximum Gasteiger partial charge on any atom is 0.244 e. The fourth-order valence-electron chi connectivity index (χ4n) is 3.24. The average molecular weight is 367 g/mol. The second-order valence-electron chi connectivity index (χ2n) is 6.84. The molecule has 1 amide bonds. The average Bonchev–Trinajstić information content (AvgIpc) is 2.72. The molecule has 1 aliphatic heterocycles. The van der Waals surface area contributed by atoms with Crippen LogP contribution in [0.5, 0.6) is 0 Å². The first kappa shape index (κ1) is 19.1. The molecule has 0 spiro atoms. The topological polar surface area (TPSA) is 35.6 Å². The molecular formula is C22H26FN3O. The van der Waals surface area contributed by atoms with Crippen molar-refractivity contribution in [3.8, 4) is 0 Å². The zero-order valence-corrected chi connectivity index (χ0v) is 15.6.